The van der Waals surface area contributed by atoms with Crippen LogP contribution in [0.5, 0.6) is 5.75 Å². The van der Waals surface area contributed by atoms with Crippen LogP contribution < -0.4 is 0 Å². The van der Waals surface area contributed by atoms with Crippen LogP contribution in [0.25, 0.3) is 0 Å². The number of aromatic hydroxyl groups is 1. The van der Waals surface area contributed by atoms with Crippen molar-refractivity contribution < 1.29 is 10.2 Å². The molecule has 0 saturated heterocycles. The van der Waals surface area contributed by atoms with Gasteiger partial charge in [0.05, 0.1) is 0 Å². The van der Waals surface area contributed by atoms with E-state index in [1.54, 1.807) is 0 Å². The first-order valence-electron chi connectivity index (χ1n) is 5.50. The number of aliphatic hydroxyl groups excluding tert-OH is 1. The van der Waals surface area contributed by atoms with Crippen molar-refractivity contribution in [2.24, 2.45) is 0 Å². The molecule has 0 aliphatic carbocycles. The molecule has 0 spiro atoms. The second-order valence-corrected chi connectivity index (χ2v) is 4.28. The zero-order valence-electron chi connectivity index (χ0n) is 9.75. The molecule has 0 fully saturated rings. The lowest BCUT2D eigenvalue weighted by atomic mass is 9.92. The monoisotopic (exact) mass is 208 g/mol. The summed E-state index contributed by atoms with van der Waals surface area (Å²) in [5.74, 6) is 0.805. The topological polar surface area (TPSA) is 40.5 Å². The van der Waals surface area contributed by atoms with Gasteiger partial charge in [-0.25, -0.2) is 0 Å². The molecule has 15 heavy (non-hydrogen) atoms. The van der Waals surface area contributed by atoms with Crippen molar-refractivity contribution in [1.29, 1.82) is 0 Å². The van der Waals surface area contributed by atoms with Crippen molar-refractivity contribution in [3.05, 3.63) is 28.8 Å². The Morgan fingerprint density at radius 1 is 1.27 bits per heavy atom. The lowest BCUT2D eigenvalue weighted by Crippen LogP contribution is -2.00. The average Bonchev–Trinajstić information content (AvgIpc) is 2.19. The van der Waals surface area contributed by atoms with Gasteiger partial charge in [-0.15, -0.1) is 0 Å². The molecule has 2 N–H and O–H groups in total. The Bertz CT molecular complexity index is 330. The molecule has 0 radical (unpaired) electrons. The van der Waals surface area contributed by atoms with Crippen molar-refractivity contribution in [3.63, 3.8) is 0 Å². The summed E-state index contributed by atoms with van der Waals surface area (Å²) >= 11 is 0. The Balaban J connectivity index is 3.10. The average molecular weight is 208 g/mol. The predicted octanol–water partition coefficient (Wildman–Crippen LogP) is 2.75. The number of phenolic OH excluding ortho intramolecular Hbond substituents is 1. The lowest BCUT2D eigenvalue weighted by molar-refractivity contribution is 0.287. The maximum Gasteiger partial charge on any atom is 0.121 e. The Morgan fingerprint density at radius 2 is 1.93 bits per heavy atom. The van der Waals surface area contributed by atoms with Crippen LogP contribution in [0.4, 0.5) is 0 Å². The minimum atomic E-state index is 0.172. The molecule has 2 nitrogen and oxygen atoms in total. The molecule has 0 saturated carbocycles. The Kier molecular flexibility index (Phi) is 4.15. The number of aliphatic hydroxyl groups is 1. The summed E-state index contributed by atoms with van der Waals surface area (Å²) in [5.41, 5.74) is 3.10. The third-order valence-electron chi connectivity index (χ3n) is 2.73. The number of aryl methyl sites for hydroxylation is 1. The van der Waals surface area contributed by atoms with Gasteiger partial charge in [-0.1, -0.05) is 26.0 Å². The van der Waals surface area contributed by atoms with Crippen molar-refractivity contribution in [2.45, 2.75) is 39.5 Å². The van der Waals surface area contributed by atoms with Crippen molar-refractivity contribution in [1.82, 2.24) is 0 Å². The first kappa shape index (κ1) is 12.1. The van der Waals surface area contributed by atoms with Crippen LogP contribution >= 0.6 is 0 Å². The minimum Gasteiger partial charge on any atom is -0.507 e. The van der Waals surface area contributed by atoms with Crippen LogP contribution in [0.2, 0.25) is 0 Å². The van der Waals surface area contributed by atoms with E-state index in [1.165, 1.54) is 5.56 Å². The molecule has 0 amide bonds. The summed E-state index contributed by atoms with van der Waals surface area (Å²) in [6, 6.07) is 4.03. The summed E-state index contributed by atoms with van der Waals surface area (Å²) < 4.78 is 0. The van der Waals surface area contributed by atoms with Gasteiger partial charge >= 0.3 is 0 Å². The zero-order valence-corrected chi connectivity index (χ0v) is 9.75. The van der Waals surface area contributed by atoms with Crippen LogP contribution in [0.3, 0.4) is 0 Å². The highest BCUT2D eigenvalue weighted by Crippen LogP contribution is 2.31. The molecule has 0 unspecified atom stereocenters. The predicted molar refractivity (Wildman–Crippen MR) is 62.3 cm³/mol. The summed E-state index contributed by atoms with van der Waals surface area (Å²) in [4.78, 5) is 0. The van der Waals surface area contributed by atoms with Crippen LogP contribution in [0, 0.1) is 6.92 Å². The molecular formula is C13H20O2. The van der Waals surface area contributed by atoms with Crippen LogP contribution in [0.15, 0.2) is 12.1 Å². The molecule has 1 aromatic carbocycles. The molecule has 0 atom stereocenters. The quantitative estimate of drug-likeness (QED) is 0.798. The van der Waals surface area contributed by atoms with Crippen LogP contribution in [-0.4, -0.2) is 16.8 Å². The molecule has 1 rings (SSSR count). The molecule has 0 aliphatic rings. The van der Waals surface area contributed by atoms with E-state index in [1.807, 2.05) is 13.0 Å². The van der Waals surface area contributed by atoms with Gasteiger partial charge in [-0.2, -0.15) is 0 Å². The van der Waals surface area contributed by atoms with Gasteiger partial charge in [-0.3, -0.25) is 0 Å². The van der Waals surface area contributed by atoms with Gasteiger partial charge in [0.15, 0.2) is 0 Å². The lowest BCUT2D eigenvalue weighted by Gasteiger charge is -2.15. The molecular weight excluding hydrogens is 188 g/mol. The highest BCUT2D eigenvalue weighted by atomic mass is 16.3. The maximum absolute atomic E-state index is 9.97. The van der Waals surface area contributed by atoms with E-state index < -0.39 is 0 Å². The smallest absolute Gasteiger partial charge is 0.121 e. The van der Waals surface area contributed by atoms with Gasteiger partial charge in [0.2, 0.25) is 0 Å². The van der Waals surface area contributed by atoms with Gasteiger partial charge in [0.1, 0.15) is 5.75 Å². The van der Waals surface area contributed by atoms with E-state index in [4.69, 9.17) is 5.11 Å². The molecule has 2 heteroatoms. The van der Waals surface area contributed by atoms with E-state index in [2.05, 4.69) is 19.9 Å². The largest absolute Gasteiger partial charge is 0.507 e. The fourth-order valence-corrected chi connectivity index (χ4v) is 1.83. The summed E-state index contributed by atoms with van der Waals surface area (Å²) in [7, 11) is 0. The van der Waals surface area contributed by atoms with Gasteiger partial charge < -0.3 is 10.2 Å². The fraction of sp³-hybridized carbons (Fsp3) is 0.538. The van der Waals surface area contributed by atoms with Crippen molar-refractivity contribution >= 4 is 0 Å². The van der Waals surface area contributed by atoms with Crippen LogP contribution in [0.1, 0.15) is 42.9 Å². The van der Waals surface area contributed by atoms with E-state index in [0.717, 1.165) is 17.5 Å². The number of rotatable bonds is 4. The molecule has 0 aromatic heterocycles. The highest BCUT2D eigenvalue weighted by Gasteiger charge is 2.12. The number of phenols is 1. The van der Waals surface area contributed by atoms with E-state index in [9.17, 15) is 5.11 Å². The summed E-state index contributed by atoms with van der Waals surface area (Å²) in [6.45, 7) is 6.31. The first-order chi connectivity index (χ1) is 7.07. The third kappa shape index (κ3) is 2.72. The molecule has 84 valence electrons. The molecule has 0 heterocycles. The second-order valence-electron chi connectivity index (χ2n) is 4.28. The Hall–Kier alpha value is -1.02. The minimum absolute atomic E-state index is 0.172. The Morgan fingerprint density at radius 3 is 2.47 bits per heavy atom. The molecule has 0 aliphatic heterocycles. The molecule has 0 bridgehead atoms. The second kappa shape index (κ2) is 5.17. The normalized spacial score (nSPS) is 11.0. The fourth-order valence-electron chi connectivity index (χ4n) is 1.83. The summed E-state index contributed by atoms with van der Waals surface area (Å²) in [5, 5.41) is 18.8. The van der Waals surface area contributed by atoms with E-state index in [-0.39, 0.29) is 6.61 Å². The van der Waals surface area contributed by atoms with Gasteiger partial charge in [-0.05, 0) is 42.4 Å². The maximum atomic E-state index is 9.97. The number of hydrogen-bond acceptors (Lipinski definition) is 2. The zero-order chi connectivity index (χ0) is 11.4. The van der Waals surface area contributed by atoms with E-state index >= 15 is 0 Å². The van der Waals surface area contributed by atoms with E-state index in [0.29, 0.717) is 18.1 Å². The Labute approximate surface area is 91.6 Å². The van der Waals surface area contributed by atoms with Crippen LogP contribution in [-0.2, 0) is 6.42 Å². The van der Waals surface area contributed by atoms with Crippen molar-refractivity contribution in [2.75, 3.05) is 6.61 Å². The number of benzene rings is 1. The van der Waals surface area contributed by atoms with Crippen molar-refractivity contribution in [3.8, 4) is 5.75 Å². The molecule has 1 aromatic rings. The number of hydrogen-bond donors (Lipinski definition) is 2. The highest BCUT2D eigenvalue weighted by molar-refractivity contribution is 5.46. The summed E-state index contributed by atoms with van der Waals surface area (Å²) in [6.07, 6.45) is 1.45. The standard InChI is InChI=1S/C13H20O2/c1-9(2)11-7-6-10(3)13(15)12(11)5-4-8-14/h6-7,9,14-15H,4-5,8H2,1-3H3. The van der Waals surface area contributed by atoms with Gasteiger partial charge in [0.25, 0.3) is 0 Å². The first-order valence-corrected chi connectivity index (χ1v) is 5.50. The SMILES string of the molecule is Cc1ccc(C(C)C)c(CCCO)c1O. The van der Waals surface area contributed by atoms with Gasteiger partial charge in [0, 0.05) is 6.61 Å². The third-order valence-corrected chi connectivity index (χ3v) is 2.73.